The Morgan fingerprint density at radius 1 is 0.767 bits per heavy atom. The minimum absolute atomic E-state index is 0.0354. The number of nitrogens with one attached hydrogen (secondary N) is 1. The molecule has 3 aromatic rings. The summed E-state index contributed by atoms with van der Waals surface area (Å²) in [7, 11) is 1.95. The molecule has 14 aliphatic rings. The zero-order valence-corrected chi connectivity index (χ0v) is 50.7. The number of aldehydes is 1. The Hall–Kier alpha value is -4.62. The molecule has 1 aliphatic heterocycles. The Morgan fingerprint density at radius 2 is 1.53 bits per heavy atom. The fourth-order valence-corrected chi connectivity index (χ4v) is 24.9. The van der Waals surface area contributed by atoms with Crippen LogP contribution in [0.5, 0.6) is 0 Å². The maximum atomic E-state index is 15.8. The van der Waals surface area contributed by atoms with Gasteiger partial charge in [0.15, 0.2) is 0 Å². The lowest BCUT2D eigenvalue weighted by atomic mass is 9.31. The highest BCUT2D eigenvalue weighted by Crippen LogP contribution is 2.81. The zero-order chi connectivity index (χ0) is 58.9. The smallest absolute Gasteiger partial charge is 0.331 e. The number of esters is 1. The Morgan fingerprint density at radius 3 is 2.30 bits per heavy atom. The van der Waals surface area contributed by atoms with Crippen LogP contribution in [-0.2, 0) is 46.6 Å². The highest BCUT2D eigenvalue weighted by molar-refractivity contribution is 5.86. The molecule has 13 aliphatic carbocycles. The number of aliphatic hydroxyl groups excluding tert-OH is 3. The fourth-order valence-electron chi connectivity index (χ4n) is 24.9. The predicted molar refractivity (Wildman–Crippen MR) is 326 cm³/mol. The average Bonchev–Trinajstić information content (AvgIpc) is 1.19. The van der Waals surface area contributed by atoms with Crippen molar-refractivity contribution in [1.82, 2.24) is 5.32 Å². The van der Waals surface area contributed by atoms with Gasteiger partial charge < -0.3 is 45.5 Å². The maximum Gasteiger partial charge on any atom is 0.331 e. The third kappa shape index (κ3) is 7.84. The van der Waals surface area contributed by atoms with Crippen molar-refractivity contribution in [1.29, 1.82) is 0 Å². The molecule has 86 heavy (non-hydrogen) atoms. The van der Waals surface area contributed by atoms with E-state index in [9.17, 15) is 25.2 Å². The second kappa shape index (κ2) is 20.2. The van der Waals surface area contributed by atoms with Crippen LogP contribution in [0.4, 0.5) is 0 Å². The molecule has 0 saturated heterocycles. The van der Waals surface area contributed by atoms with Crippen molar-refractivity contribution in [3.05, 3.63) is 117 Å². The van der Waals surface area contributed by atoms with Crippen LogP contribution in [0.2, 0.25) is 0 Å². The highest BCUT2D eigenvalue weighted by atomic mass is 16.5. The average molecular weight is 1160 g/mol. The number of hydrogen-bond acceptors (Lipinski definition) is 10. The highest BCUT2D eigenvalue weighted by Gasteiger charge is 2.88. The van der Waals surface area contributed by atoms with E-state index in [1.807, 2.05) is 19.2 Å². The number of carbonyl (C=O) groups is 2. The summed E-state index contributed by atoms with van der Waals surface area (Å²) in [6, 6.07) is 24.0. The number of rotatable bonds is 5. The SMILES string of the molecule is CNC1Cc2c(cccc2CO)C#CC23CCC(Cc4cccc(c4)Cc4cccc(c4)CC4CC#CC5CC6(C2)C2C7=CC(=O)OC7C1CC2CC6(O)C1(O)C(O)C2CC(C(C)C6CCCC6)CCC6C(O)C7(CCC4C7)CC(C=O)(C51)C62O)C3. The van der Waals surface area contributed by atoms with Crippen LogP contribution in [-0.4, -0.2) is 91.1 Å². The molecule has 10 heteroatoms. The lowest BCUT2D eigenvalue weighted by Gasteiger charge is -2.75. The minimum Gasteiger partial charge on any atom is -0.454 e. The summed E-state index contributed by atoms with van der Waals surface area (Å²) in [6.45, 7) is 2.20. The Kier molecular flexibility index (Phi) is 13.3. The van der Waals surface area contributed by atoms with Crippen LogP contribution < -0.4 is 5.32 Å². The van der Waals surface area contributed by atoms with Crippen LogP contribution in [0.25, 0.3) is 0 Å². The largest absolute Gasteiger partial charge is 0.454 e. The van der Waals surface area contributed by atoms with Crippen molar-refractivity contribution in [2.24, 2.45) is 98.6 Å². The summed E-state index contributed by atoms with van der Waals surface area (Å²) < 4.78 is 6.62. The number of likely N-dealkylation sites (N-methyl/N-ethyl adjacent to an activating group) is 1. The molecule has 0 radical (unpaired) electrons. The number of carbonyl (C=O) groups excluding carboxylic acids is 2. The van der Waals surface area contributed by atoms with E-state index < -0.39 is 92.3 Å². The monoisotopic (exact) mass is 1160 g/mol. The summed E-state index contributed by atoms with van der Waals surface area (Å²) in [6.07, 6.45) is 15.0. The summed E-state index contributed by atoms with van der Waals surface area (Å²) in [5.74, 6) is 11.7. The van der Waals surface area contributed by atoms with Crippen LogP contribution in [0.1, 0.15) is 168 Å². The van der Waals surface area contributed by atoms with Crippen molar-refractivity contribution in [2.45, 2.75) is 202 Å². The molecule has 0 amide bonds. The number of hydrogen-bond donors (Lipinski definition) is 7. The molecule has 1 heterocycles. The number of benzene rings is 3. The number of aliphatic hydroxyl groups is 6. The lowest BCUT2D eigenvalue weighted by Crippen LogP contribution is -2.87. The van der Waals surface area contributed by atoms with Gasteiger partial charge in [-0.25, -0.2) is 4.79 Å². The van der Waals surface area contributed by atoms with Gasteiger partial charge in [-0.2, -0.15) is 0 Å². The quantitative estimate of drug-likeness (QED) is 0.0740. The number of fused-ring (bicyclic) bond motifs is 11. The second-order valence-electron chi connectivity index (χ2n) is 31.6. The van der Waals surface area contributed by atoms with Gasteiger partial charge >= 0.3 is 5.97 Å². The van der Waals surface area contributed by atoms with E-state index in [0.29, 0.717) is 70.1 Å². The minimum atomic E-state index is -2.40. The van der Waals surface area contributed by atoms with Gasteiger partial charge in [0.2, 0.25) is 0 Å². The van der Waals surface area contributed by atoms with Crippen molar-refractivity contribution < 1.29 is 45.0 Å². The first-order valence-electron chi connectivity index (χ1n) is 34.0. The normalized spacial score (nSPS) is 46.9. The Bertz CT molecular complexity index is 3420. The van der Waals surface area contributed by atoms with Crippen LogP contribution in [0.15, 0.2) is 78.4 Å². The van der Waals surface area contributed by atoms with Gasteiger partial charge in [0.1, 0.15) is 23.6 Å². The molecule has 9 fully saturated rings. The van der Waals surface area contributed by atoms with Crippen molar-refractivity contribution in [3.8, 4) is 23.7 Å². The molecule has 9 saturated carbocycles. The van der Waals surface area contributed by atoms with Crippen molar-refractivity contribution in [3.63, 3.8) is 0 Å². The lowest BCUT2D eigenvalue weighted by molar-refractivity contribution is -0.391. The van der Waals surface area contributed by atoms with Gasteiger partial charge in [0, 0.05) is 64.5 Å². The van der Waals surface area contributed by atoms with Gasteiger partial charge in [0.05, 0.1) is 29.8 Å². The van der Waals surface area contributed by atoms with E-state index in [1.165, 1.54) is 35.1 Å². The molecule has 23 atom stereocenters. The molecule has 23 unspecified atom stereocenters. The molecular formula is C76H91NO9. The van der Waals surface area contributed by atoms with Gasteiger partial charge in [-0.05, 0) is 220 Å². The van der Waals surface area contributed by atoms with Gasteiger partial charge in [-0.15, -0.1) is 5.92 Å². The molecule has 454 valence electrons. The molecule has 15 bridgehead atoms. The number of ether oxygens (including phenoxy) is 1. The fraction of sp³-hybridized carbons (Fsp3) is 0.658. The first-order valence-corrected chi connectivity index (χ1v) is 34.0. The van der Waals surface area contributed by atoms with Crippen LogP contribution >= 0.6 is 0 Å². The predicted octanol–water partition coefficient (Wildman–Crippen LogP) is 9.56. The summed E-state index contributed by atoms with van der Waals surface area (Å²) >= 11 is 0. The Labute approximate surface area is 509 Å². The topological polar surface area (TPSA) is 177 Å². The van der Waals surface area contributed by atoms with E-state index in [4.69, 9.17) is 4.74 Å². The summed E-state index contributed by atoms with van der Waals surface area (Å²) in [5, 5.41) is 89.2. The maximum absolute atomic E-state index is 15.8. The summed E-state index contributed by atoms with van der Waals surface area (Å²) in [5.41, 5.74) is -2.40. The van der Waals surface area contributed by atoms with Crippen LogP contribution in [0.3, 0.4) is 0 Å². The first-order chi connectivity index (χ1) is 41.5. The van der Waals surface area contributed by atoms with Gasteiger partial charge in [0.25, 0.3) is 0 Å². The van der Waals surface area contributed by atoms with Crippen molar-refractivity contribution in [2.75, 3.05) is 7.05 Å². The molecule has 10 nitrogen and oxygen atoms in total. The molecule has 7 N–H and O–H groups in total. The second-order valence-corrected chi connectivity index (χ2v) is 31.6. The van der Waals surface area contributed by atoms with E-state index in [0.717, 1.165) is 79.9 Å². The molecule has 0 aromatic heterocycles. The molecular weight excluding hydrogens is 1070 g/mol. The van der Waals surface area contributed by atoms with Gasteiger partial charge in [-0.1, -0.05) is 111 Å². The van der Waals surface area contributed by atoms with Crippen molar-refractivity contribution >= 4 is 12.3 Å². The van der Waals surface area contributed by atoms with E-state index >= 15 is 15.0 Å². The third-order valence-corrected chi connectivity index (χ3v) is 28.2. The van der Waals surface area contributed by atoms with Crippen LogP contribution in [0, 0.1) is 122 Å². The first kappa shape index (κ1) is 56.6. The van der Waals surface area contributed by atoms with Gasteiger partial charge in [-0.3, -0.25) is 0 Å². The van der Waals surface area contributed by atoms with E-state index in [1.54, 1.807) is 6.08 Å². The zero-order valence-electron chi connectivity index (χ0n) is 50.7. The van der Waals surface area contributed by atoms with E-state index in [2.05, 4.69) is 90.5 Å². The van der Waals surface area contributed by atoms with E-state index in [-0.39, 0.29) is 73.3 Å². The molecule has 3 spiro atoms. The summed E-state index contributed by atoms with van der Waals surface area (Å²) in [4.78, 5) is 30.2. The standard InChI is InChI=1S/C76H91NO9/c1-44(50-13-3-4-14-50)52-19-20-61-68(81)71-26-23-54(37-71)53-16-8-17-55-38-72-41-70(24-21-49(36-70)30-47-11-5-9-45(28-47)27-46-10-6-12-48(29-46)31-53)25-22-51-15-7-18-56(40-78)58(51)34-63(77-2)59-32-57(65(72)60-35-64(80)86-66(59)60)39-74(72,83)76(85)67(55)73(42-71,43-79)75(61,84)62(33-52)69(76)82/h5-7,9-12,15,18,28-29,35,43-44,49-50,52-55,57,59,61-63,65-69,77-78,81-85H,3-4,13-14,16,19-21,23-24,26-27,30-34,36-42H2,1-2H3. The third-order valence-electron chi connectivity index (χ3n) is 28.2. The molecule has 3 aromatic carbocycles. The Balaban J connectivity index is 0.977. The molecule has 17 rings (SSSR count).